The lowest BCUT2D eigenvalue weighted by Gasteiger charge is -2.32. The summed E-state index contributed by atoms with van der Waals surface area (Å²) < 4.78 is 0. The fraction of sp³-hybridized carbons (Fsp3) is 0.625. The normalized spacial score (nSPS) is 13.2. The Morgan fingerprint density at radius 2 is 1.44 bits per heavy atom. The van der Waals surface area contributed by atoms with Crippen LogP contribution in [-0.4, -0.2) is 19.6 Å². The molecule has 0 saturated carbocycles. The second kappa shape index (κ2) is 6.24. The zero-order valence-electron chi connectivity index (χ0n) is 12.7. The van der Waals surface area contributed by atoms with Crippen LogP contribution in [0.1, 0.15) is 57.6 Å². The quantitative estimate of drug-likeness (QED) is 0.860. The predicted molar refractivity (Wildman–Crippen MR) is 81.5 cm³/mol. The minimum absolute atomic E-state index is 0.363. The maximum absolute atomic E-state index is 5.82. The molecule has 0 spiro atoms. The fourth-order valence-corrected chi connectivity index (χ4v) is 2.30. The van der Waals surface area contributed by atoms with Crippen molar-refractivity contribution in [3.8, 4) is 0 Å². The number of benzene rings is 1. The Balaban J connectivity index is 3.35. The molecule has 0 aliphatic heterocycles. The van der Waals surface area contributed by atoms with E-state index in [1.807, 2.05) is 0 Å². The van der Waals surface area contributed by atoms with Crippen molar-refractivity contribution in [2.75, 3.05) is 18.5 Å². The molecule has 0 saturated heterocycles. The summed E-state index contributed by atoms with van der Waals surface area (Å²) in [4.78, 5) is 2.34. The molecule has 0 bridgehead atoms. The van der Waals surface area contributed by atoms with Crippen molar-refractivity contribution in [1.82, 2.24) is 0 Å². The van der Waals surface area contributed by atoms with Gasteiger partial charge in [-0.2, -0.15) is 0 Å². The summed E-state index contributed by atoms with van der Waals surface area (Å²) in [6.07, 6.45) is 0. The Morgan fingerprint density at radius 3 is 1.78 bits per heavy atom. The Bertz CT molecular complexity index is 356. The van der Waals surface area contributed by atoms with Crippen LogP contribution in [0.3, 0.4) is 0 Å². The second-order valence-electron chi connectivity index (χ2n) is 5.79. The smallest absolute Gasteiger partial charge is 0.0436 e. The van der Waals surface area contributed by atoms with Gasteiger partial charge in [0.1, 0.15) is 0 Å². The van der Waals surface area contributed by atoms with Crippen LogP contribution >= 0.6 is 0 Å². The molecule has 1 aromatic carbocycles. The molecule has 2 nitrogen and oxygen atoms in total. The third kappa shape index (κ3) is 3.05. The molecule has 1 aromatic rings. The SMILES string of the molecule is CC(C)c1cccc(C(C)C)c1N(C)C(C)CN. The van der Waals surface area contributed by atoms with Crippen LogP contribution in [0, 0.1) is 0 Å². The summed E-state index contributed by atoms with van der Waals surface area (Å²) in [5.74, 6) is 1.07. The van der Waals surface area contributed by atoms with Crippen molar-refractivity contribution < 1.29 is 0 Å². The highest BCUT2D eigenvalue weighted by Crippen LogP contribution is 2.35. The molecule has 0 heterocycles. The van der Waals surface area contributed by atoms with Gasteiger partial charge in [-0.25, -0.2) is 0 Å². The second-order valence-corrected chi connectivity index (χ2v) is 5.79. The van der Waals surface area contributed by atoms with Crippen LogP contribution in [0.4, 0.5) is 5.69 Å². The Morgan fingerprint density at radius 1 is 1.00 bits per heavy atom. The summed E-state index contributed by atoms with van der Waals surface area (Å²) in [5.41, 5.74) is 10.0. The van der Waals surface area contributed by atoms with E-state index in [4.69, 9.17) is 5.73 Å². The summed E-state index contributed by atoms with van der Waals surface area (Å²) in [6, 6.07) is 7.02. The molecule has 1 atom stereocenters. The number of anilines is 1. The summed E-state index contributed by atoms with van der Waals surface area (Å²) in [6.45, 7) is 11.9. The highest BCUT2D eigenvalue weighted by molar-refractivity contribution is 5.62. The first-order valence-electron chi connectivity index (χ1n) is 6.95. The first kappa shape index (κ1) is 15.0. The molecule has 0 radical (unpaired) electrons. The minimum Gasteiger partial charge on any atom is -0.370 e. The van der Waals surface area contributed by atoms with Crippen LogP contribution in [0.25, 0.3) is 0 Å². The molecule has 2 N–H and O–H groups in total. The van der Waals surface area contributed by atoms with E-state index in [9.17, 15) is 0 Å². The highest BCUT2D eigenvalue weighted by atomic mass is 15.1. The van der Waals surface area contributed by atoms with Gasteiger partial charge in [-0.15, -0.1) is 0 Å². The molecule has 2 heteroatoms. The molecule has 0 aromatic heterocycles. The van der Waals surface area contributed by atoms with Crippen molar-refractivity contribution in [2.45, 2.75) is 52.5 Å². The lowest BCUT2D eigenvalue weighted by Crippen LogP contribution is -2.36. The lowest BCUT2D eigenvalue weighted by atomic mass is 9.91. The van der Waals surface area contributed by atoms with Crippen LogP contribution in [0.5, 0.6) is 0 Å². The van der Waals surface area contributed by atoms with Crippen LogP contribution in [0.2, 0.25) is 0 Å². The number of rotatable bonds is 5. The van der Waals surface area contributed by atoms with Crippen LogP contribution in [-0.2, 0) is 0 Å². The summed E-state index contributed by atoms with van der Waals surface area (Å²) in [5, 5.41) is 0. The average Bonchev–Trinajstić information content (AvgIpc) is 2.35. The molecule has 1 unspecified atom stereocenters. The first-order chi connectivity index (χ1) is 8.40. The summed E-state index contributed by atoms with van der Waals surface area (Å²) >= 11 is 0. The molecule has 102 valence electrons. The number of hydrogen-bond donors (Lipinski definition) is 1. The fourth-order valence-electron chi connectivity index (χ4n) is 2.30. The molecule has 0 aliphatic carbocycles. The van der Waals surface area contributed by atoms with Crippen molar-refractivity contribution in [3.63, 3.8) is 0 Å². The third-order valence-electron chi connectivity index (χ3n) is 3.70. The van der Waals surface area contributed by atoms with Gasteiger partial charge in [-0.05, 0) is 29.9 Å². The van der Waals surface area contributed by atoms with Crippen molar-refractivity contribution >= 4 is 5.69 Å². The van der Waals surface area contributed by atoms with E-state index in [2.05, 4.69) is 64.8 Å². The van der Waals surface area contributed by atoms with Gasteiger partial charge in [0, 0.05) is 25.3 Å². The number of likely N-dealkylation sites (N-methyl/N-ethyl adjacent to an activating group) is 1. The highest BCUT2D eigenvalue weighted by Gasteiger charge is 2.19. The third-order valence-corrected chi connectivity index (χ3v) is 3.70. The molecule has 18 heavy (non-hydrogen) atoms. The topological polar surface area (TPSA) is 29.3 Å². The average molecular weight is 248 g/mol. The minimum atomic E-state index is 0.363. The van der Waals surface area contributed by atoms with Gasteiger partial charge in [0.2, 0.25) is 0 Å². The van der Waals surface area contributed by atoms with Crippen molar-refractivity contribution in [3.05, 3.63) is 29.3 Å². The van der Waals surface area contributed by atoms with E-state index >= 15 is 0 Å². The number of para-hydroxylation sites is 1. The largest absolute Gasteiger partial charge is 0.370 e. The molecule has 0 aliphatic rings. The standard InChI is InChI=1S/C16H28N2/c1-11(2)14-8-7-9-15(12(3)4)16(14)18(6)13(5)10-17/h7-9,11-13H,10,17H2,1-6H3. The van der Waals surface area contributed by atoms with E-state index in [0.717, 1.165) is 0 Å². The first-order valence-corrected chi connectivity index (χ1v) is 6.95. The lowest BCUT2D eigenvalue weighted by molar-refractivity contribution is 0.680. The van der Waals surface area contributed by atoms with Crippen LogP contribution < -0.4 is 10.6 Å². The van der Waals surface area contributed by atoms with Gasteiger partial charge < -0.3 is 10.6 Å². The molecule has 0 fully saturated rings. The number of nitrogens with zero attached hydrogens (tertiary/aromatic N) is 1. The monoisotopic (exact) mass is 248 g/mol. The Labute approximate surface area is 112 Å². The predicted octanol–water partition coefficient (Wildman–Crippen LogP) is 3.72. The number of hydrogen-bond acceptors (Lipinski definition) is 2. The van der Waals surface area contributed by atoms with E-state index in [0.29, 0.717) is 24.4 Å². The Hall–Kier alpha value is -1.02. The number of nitrogens with two attached hydrogens (primary N) is 1. The van der Waals surface area contributed by atoms with Gasteiger partial charge in [0.15, 0.2) is 0 Å². The molecular weight excluding hydrogens is 220 g/mol. The van der Waals surface area contributed by atoms with Crippen molar-refractivity contribution in [1.29, 1.82) is 0 Å². The van der Waals surface area contributed by atoms with E-state index in [1.165, 1.54) is 16.8 Å². The zero-order valence-corrected chi connectivity index (χ0v) is 12.7. The molecular formula is C16H28N2. The van der Waals surface area contributed by atoms with Crippen molar-refractivity contribution in [2.24, 2.45) is 5.73 Å². The van der Waals surface area contributed by atoms with E-state index < -0.39 is 0 Å². The van der Waals surface area contributed by atoms with E-state index in [-0.39, 0.29) is 0 Å². The maximum Gasteiger partial charge on any atom is 0.0436 e. The van der Waals surface area contributed by atoms with E-state index in [1.54, 1.807) is 0 Å². The van der Waals surface area contributed by atoms with Gasteiger partial charge in [-0.1, -0.05) is 45.9 Å². The molecule has 1 rings (SSSR count). The zero-order chi connectivity index (χ0) is 13.9. The maximum atomic E-state index is 5.82. The van der Waals surface area contributed by atoms with Crippen LogP contribution in [0.15, 0.2) is 18.2 Å². The van der Waals surface area contributed by atoms with Gasteiger partial charge >= 0.3 is 0 Å². The van der Waals surface area contributed by atoms with Gasteiger partial charge in [0.05, 0.1) is 0 Å². The Kier molecular flexibility index (Phi) is 5.21. The molecule has 0 amide bonds. The van der Waals surface area contributed by atoms with Gasteiger partial charge in [-0.3, -0.25) is 0 Å². The van der Waals surface area contributed by atoms with Gasteiger partial charge in [0.25, 0.3) is 0 Å². The summed E-state index contributed by atoms with van der Waals surface area (Å²) in [7, 11) is 2.16.